The summed E-state index contributed by atoms with van der Waals surface area (Å²) in [6, 6.07) is 10.5. The Balaban J connectivity index is 1.48. The van der Waals surface area contributed by atoms with E-state index in [0.717, 1.165) is 11.8 Å². The number of nitrogens with one attached hydrogen (secondary N) is 1. The SMILES string of the molecule is C[C@@H]1[C@H](c2ccccc2)C[C@H](NCC(F)(F)c2cnc3c(c2)CC(C)(C(N)=O)C3)C(=O)N1C. The van der Waals surface area contributed by atoms with Crippen LogP contribution in [0.5, 0.6) is 0 Å². The Morgan fingerprint density at radius 3 is 2.67 bits per heavy atom. The molecule has 1 fully saturated rings. The number of rotatable bonds is 6. The van der Waals surface area contributed by atoms with Crippen LogP contribution in [0.3, 0.4) is 0 Å². The molecule has 0 bridgehead atoms. The number of carbonyl (C=O) groups is 2. The average molecular weight is 457 g/mol. The van der Waals surface area contributed by atoms with Crippen molar-refractivity contribution in [2.45, 2.75) is 57.0 Å². The Labute approximate surface area is 192 Å². The molecule has 0 radical (unpaired) electrons. The van der Waals surface area contributed by atoms with Gasteiger partial charge in [-0.3, -0.25) is 19.9 Å². The van der Waals surface area contributed by atoms with Crippen molar-refractivity contribution >= 4 is 11.8 Å². The fraction of sp³-hybridized carbons (Fsp3) is 0.480. The van der Waals surface area contributed by atoms with Gasteiger partial charge in [0, 0.05) is 42.9 Å². The number of alkyl halides is 2. The Kier molecular flexibility index (Phi) is 5.99. The summed E-state index contributed by atoms with van der Waals surface area (Å²) in [6.07, 6.45) is 2.26. The van der Waals surface area contributed by atoms with Crippen LogP contribution < -0.4 is 11.1 Å². The molecule has 2 aliphatic rings. The molecule has 1 aromatic carbocycles. The quantitative estimate of drug-likeness (QED) is 0.700. The van der Waals surface area contributed by atoms with Gasteiger partial charge < -0.3 is 10.6 Å². The summed E-state index contributed by atoms with van der Waals surface area (Å²) in [6.45, 7) is 3.03. The zero-order chi connectivity index (χ0) is 24.0. The summed E-state index contributed by atoms with van der Waals surface area (Å²) in [4.78, 5) is 30.4. The maximum atomic E-state index is 15.1. The Morgan fingerprint density at radius 2 is 2.00 bits per heavy atom. The molecule has 8 heteroatoms. The van der Waals surface area contributed by atoms with E-state index in [9.17, 15) is 9.59 Å². The number of likely N-dealkylation sites (tertiary alicyclic amines) is 1. The van der Waals surface area contributed by atoms with Crippen molar-refractivity contribution in [3.05, 3.63) is 65.0 Å². The highest BCUT2D eigenvalue weighted by Crippen LogP contribution is 2.38. The van der Waals surface area contributed by atoms with E-state index < -0.39 is 29.8 Å². The summed E-state index contributed by atoms with van der Waals surface area (Å²) in [5, 5.41) is 2.82. The fourth-order valence-electron chi connectivity index (χ4n) is 4.98. The number of pyridine rings is 1. The summed E-state index contributed by atoms with van der Waals surface area (Å²) in [7, 11) is 1.72. The van der Waals surface area contributed by atoms with Gasteiger partial charge in [0.25, 0.3) is 5.92 Å². The molecule has 176 valence electrons. The molecule has 3 N–H and O–H groups in total. The first kappa shape index (κ1) is 23.3. The van der Waals surface area contributed by atoms with E-state index in [0.29, 0.717) is 30.5 Å². The van der Waals surface area contributed by atoms with E-state index in [2.05, 4.69) is 10.3 Å². The third-order valence-corrected chi connectivity index (χ3v) is 7.34. The lowest BCUT2D eigenvalue weighted by atomic mass is 9.82. The van der Waals surface area contributed by atoms with Gasteiger partial charge in [-0.25, -0.2) is 0 Å². The monoisotopic (exact) mass is 456 g/mol. The second-order valence-corrected chi connectivity index (χ2v) is 9.69. The van der Waals surface area contributed by atoms with Crippen LogP contribution in [0.15, 0.2) is 42.6 Å². The van der Waals surface area contributed by atoms with Crippen LogP contribution in [-0.4, -0.2) is 47.4 Å². The highest BCUT2D eigenvalue weighted by Gasteiger charge is 2.43. The lowest BCUT2D eigenvalue weighted by Gasteiger charge is -2.41. The van der Waals surface area contributed by atoms with Crippen molar-refractivity contribution in [2.24, 2.45) is 11.1 Å². The molecule has 33 heavy (non-hydrogen) atoms. The van der Waals surface area contributed by atoms with Gasteiger partial charge in [0.1, 0.15) is 0 Å². The zero-order valence-corrected chi connectivity index (χ0v) is 19.1. The first-order valence-electron chi connectivity index (χ1n) is 11.2. The molecular formula is C25H30F2N4O2. The minimum atomic E-state index is -3.22. The first-order chi connectivity index (χ1) is 15.5. The van der Waals surface area contributed by atoms with E-state index in [4.69, 9.17) is 5.73 Å². The number of aromatic nitrogens is 1. The van der Waals surface area contributed by atoms with E-state index in [1.54, 1.807) is 18.9 Å². The number of hydrogen-bond donors (Lipinski definition) is 2. The maximum absolute atomic E-state index is 15.1. The van der Waals surface area contributed by atoms with E-state index >= 15 is 8.78 Å². The van der Waals surface area contributed by atoms with Crippen molar-refractivity contribution < 1.29 is 18.4 Å². The summed E-state index contributed by atoms with van der Waals surface area (Å²) < 4.78 is 30.3. The number of benzene rings is 1. The van der Waals surface area contributed by atoms with Gasteiger partial charge >= 0.3 is 0 Å². The number of halogens is 2. The van der Waals surface area contributed by atoms with Crippen LogP contribution in [-0.2, 0) is 28.4 Å². The van der Waals surface area contributed by atoms with Crippen LogP contribution in [0, 0.1) is 5.41 Å². The van der Waals surface area contributed by atoms with E-state index in [1.165, 1.54) is 6.07 Å². The molecule has 1 saturated heterocycles. The molecule has 1 aliphatic carbocycles. The van der Waals surface area contributed by atoms with Crippen LogP contribution in [0.2, 0.25) is 0 Å². The van der Waals surface area contributed by atoms with E-state index in [-0.39, 0.29) is 23.4 Å². The third-order valence-electron chi connectivity index (χ3n) is 7.34. The highest BCUT2D eigenvalue weighted by atomic mass is 19.3. The molecule has 1 aliphatic heterocycles. The second kappa shape index (κ2) is 8.48. The topological polar surface area (TPSA) is 88.3 Å². The number of fused-ring (bicyclic) bond motifs is 1. The Bertz CT molecular complexity index is 1060. The molecule has 4 atom stereocenters. The first-order valence-corrected chi connectivity index (χ1v) is 11.2. The summed E-state index contributed by atoms with van der Waals surface area (Å²) in [5.74, 6) is -3.82. The number of primary amides is 1. The average Bonchev–Trinajstić information content (AvgIpc) is 3.14. The van der Waals surface area contributed by atoms with E-state index in [1.807, 2.05) is 37.3 Å². The number of likely N-dealkylation sites (N-methyl/N-ethyl adjacent to an activating group) is 1. The van der Waals surface area contributed by atoms with Gasteiger partial charge in [-0.15, -0.1) is 0 Å². The van der Waals surface area contributed by atoms with Crippen molar-refractivity contribution in [1.29, 1.82) is 0 Å². The predicted octanol–water partition coefficient (Wildman–Crippen LogP) is 2.76. The number of carbonyl (C=O) groups excluding carboxylic acids is 2. The number of nitrogens with zero attached hydrogens (tertiary/aromatic N) is 2. The molecule has 2 heterocycles. The number of amides is 2. The Hall–Kier alpha value is -2.87. The lowest BCUT2D eigenvalue weighted by molar-refractivity contribution is -0.138. The minimum absolute atomic E-state index is 0.0288. The van der Waals surface area contributed by atoms with Gasteiger partial charge in [-0.05, 0) is 37.0 Å². The largest absolute Gasteiger partial charge is 0.369 e. The number of hydrogen-bond acceptors (Lipinski definition) is 4. The third kappa shape index (κ3) is 4.36. The molecular weight excluding hydrogens is 426 g/mol. The molecule has 2 aromatic rings. The molecule has 1 unspecified atom stereocenters. The van der Waals surface area contributed by atoms with Gasteiger partial charge in [0.15, 0.2) is 0 Å². The molecule has 4 rings (SSSR count). The van der Waals surface area contributed by atoms with Crippen molar-refractivity contribution in [2.75, 3.05) is 13.6 Å². The maximum Gasteiger partial charge on any atom is 0.286 e. The summed E-state index contributed by atoms with van der Waals surface area (Å²) >= 11 is 0. The second-order valence-electron chi connectivity index (χ2n) is 9.69. The predicted molar refractivity (Wildman–Crippen MR) is 121 cm³/mol. The number of piperidine rings is 1. The molecule has 6 nitrogen and oxygen atoms in total. The Morgan fingerprint density at radius 1 is 1.30 bits per heavy atom. The van der Waals surface area contributed by atoms with Crippen LogP contribution in [0.4, 0.5) is 8.78 Å². The normalized spacial score (nSPS) is 27.5. The number of nitrogens with two attached hydrogens (primary N) is 1. The molecule has 2 amide bonds. The highest BCUT2D eigenvalue weighted by molar-refractivity contribution is 5.83. The molecule has 0 spiro atoms. The lowest BCUT2D eigenvalue weighted by Crippen LogP contribution is -2.56. The fourth-order valence-corrected chi connectivity index (χ4v) is 4.98. The van der Waals surface area contributed by atoms with Gasteiger partial charge in [0.05, 0.1) is 18.0 Å². The minimum Gasteiger partial charge on any atom is -0.369 e. The van der Waals surface area contributed by atoms with Crippen molar-refractivity contribution in [3.8, 4) is 0 Å². The standard InChI is InChI=1S/C25H30F2N4O2/c1-15-19(16-7-5-4-6-8-16)10-20(22(32)31(15)3)30-14-25(26,27)18-9-17-11-24(2,23(28)33)12-21(17)29-13-18/h4-9,13,15,19-20,30H,10-12,14H2,1-3H3,(H2,28,33)/t15-,19-,20+,24?/m1/s1. The summed E-state index contributed by atoms with van der Waals surface area (Å²) in [5.41, 5.74) is 6.80. The van der Waals surface area contributed by atoms with Gasteiger partial charge in [0.2, 0.25) is 11.8 Å². The van der Waals surface area contributed by atoms with Crippen molar-refractivity contribution in [1.82, 2.24) is 15.2 Å². The van der Waals surface area contributed by atoms with Crippen molar-refractivity contribution in [3.63, 3.8) is 0 Å². The van der Waals surface area contributed by atoms with Gasteiger partial charge in [-0.1, -0.05) is 37.3 Å². The van der Waals surface area contributed by atoms with Gasteiger partial charge in [-0.2, -0.15) is 8.78 Å². The zero-order valence-electron chi connectivity index (χ0n) is 19.1. The van der Waals surface area contributed by atoms with Crippen LogP contribution in [0.25, 0.3) is 0 Å². The van der Waals surface area contributed by atoms with Crippen LogP contribution >= 0.6 is 0 Å². The smallest absolute Gasteiger partial charge is 0.286 e. The molecule has 1 aromatic heterocycles. The molecule has 0 saturated carbocycles. The van der Waals surface area contributed by atoms with Crippen LogP contribution in [0.1, 0.15) is 48.6 Å².